The van der Waals surface area contributed by atoms with Crippen molar-refractivity contribution in [2.24, 2.45) is 0 Å². The summed E-state index contributed by atoms with van der Waals surface area (Å²) in [4.78, 5) is 0. The number of ether oxygens (including phenoxy) is 1. The van der Waals surface area contributed by atoms with E-state index in [2.05, 4.69) is 173 Å². The van der Waals surface area contributed by atoms with Crippen molar-refractivity contribution >= 4 is 75.0 Å². The van der Waals surface area contributed by atoms with Crippen molar-refractivity contribution in [3.63, 3.8) is 0 Å². The Morgan fingerprint density at radius 3 is 1.93 bits per heavy atom. The van der Waals surface area contributed by atoms with Crippen LogP contribution in [0.15, 0.2) is 168 Å². The van der Waals surface area contributed by atoms with E-state index in [1.54, 1.807) is 0 Å². The first-order valence-corrected chi connectivity index (χ1v) is 20.0. The maximum atomic E-state index is 6.51. The number of allylic oxidation sites excluding steroid dienone is 14. The molecule has 9 rings (SSSR count). The summed E-state index contributed by atoms with van der Waals surface area (Å²) in [7, 11) is 0. The highest BCUT2D eigenvalue weighted by atomic mass is 32.1. The van der Waals surface area contributed by atoms with Crippen molar-refractivity contribution < 1.29 is 4.74 Å². The minimum absolute atomic E-state index is 0.791. The van der Waals surface area contributed by atoms with Crippen LogP contribution < -0.4 is 4.74 Å². The summed E-state index contributed by atoms with van der Waals surface area (Å²) >= 11 is 1.86. The van der Waals surface area contributed by atoms with Gasteiger partial charge in [-0.05, 0) is 155 Å². The first-order chi connectivity index (χ1) is 26.4. The third-order valence-corrected chi connectivity index (χ3v) is 12.4. The number of benzene rings is 6. The van der Waals surface area contributed by atoms with Crippen LogP contribution in [-0.2, 0) is 6.42 Å². The van der Waals surface area contributed by atoms with Crippen LogP contribution in [0, 0.1) is 0 Å². The Bertz CT molecular complexity index is 2820. The third kappa shape index (κ3) is 6.25. The van der Waals surface area contributed by atoms with Gasteiger partial charge in [-0.15, -0.1) is 11.3 Å². The average molecular weight is 717 g/mol. The van der Waals surface area contributed by atoms with Gasteiger partial charge in [-0.3, -0.25) is 0 Å². The van der Waals surface area contributed by atoms with Crippen molar-refractivity contribution in [2.75, 3.05) is 0 Å². The molecule has 6 aromatic carbocycles. The second kappa shape index (κ2) is 14.3. The summed E-state index contributed by atoms with van der Waals surface area (Å²) in [5, 5.41) is 10.3. The van der Waals surface area contributed by atoms with Crippen LogP contribution >= 0.6 is 11.3 Å². The maximum Gasteiger partial charge on any atom is 0.131 e. The number of rotatable bonds is 6. The van der Waals surface area contributed by atoms with E-state index < -0.39 is 0 Å². The van der Waals surface area contributed by atoms with Gasteiger partial charge < -0.3 is 4.74 Å². The van der Waals surface area contributed by atoms with Gasteiger partial charge in [0.1, 0.15) is 11.5 Å². The molecule has 0 N–H and O–H groups in total. The fourth-order valence-electron chi connectivity index (χ4n) is 8.47. The number of thiophene rings is 1. The average Bonchev–Trinajstić information content (AvgIpc) is 3.78. The highest BCUT2D eigenvalue weighted by molar-refractivity contribution is 7.25. The molecule has 7 aromatic rings. The molecule has 0 fully saturated rings. The van der Waals surface area contributed by atoms with Crippen molar-refractivity contribution in [3.8, 4) is 5.75 Å². The van der Waals surface area contributed by atoms with E-state index in [1.165, 1.54) is 103 Å². The van der Waals surface area contributed by atoms with Crippen LogP contribution in [0.3, 0.4) is 0 Å². The van der Waals surface area contributed by atoms with Gasteiger partial charge in [-0.1, -0.05) is 109 Å². The number of fused-ring (bicyclic) bond motifs is 7. The lowest BCUT2D eigenvalue weighted by molar-refractivity contribution is 0.447. The monoisotopic (exact) mass is 716 g/mol. The molecule has 2 aliphatic rings. The molecule has 1 nitrogen and oxygen atoms in total. The molecule has 1 aromatic heterocycles. The number of hydrogen-bond acceptors (Lipinski definition) is 2. The van der Waals surface area contributed by atoms with Gasteiger partial charge in [0.2, 0.25) is 0 Å². The zero-order valence-electron chi connectivity index (χ0n) is 31.5. The summed E-state index contributed by atoms with van der Waals surface area (Å²) in [5.41, 5.74) is 10.6. The Balaban J connectivity index is 1.06. The second-order valence-corrected chi connectivity index (χ2v) is 15.9. The molecule has 264 valence electrons. The van der Waals surface area contributed by atoms with E-state index >= 15 is 0 Å². The van der Waals surface area contributed by atoms with Gasteiger partial charge in [-0.2, -0.15) is 0 Å². The van der Waals surface area contributed by atoms with E-state index in [4.69, 9.17) is 4.74 Å². The van der Waals surface area contributed by atoms with Gasteiger partial charge >= 0.3 is 0 Å². The van der Waals surface area contributed by atoms with Crippen molar-refractivity contribution in [1.82, 2.24) is 0 Å². The van der Waals surface area contributed by atoms with Crippen LogP contribution in [0.2, 0.25) is 0 Å². The zero-order chi connectivity index (χ0) is 36.8. The Hall–Kier alpha value is -5.70. The van der Waals surface area contributed by atoms with Crippen molar-refractivity contribution in [2.45, 2.75) is 53.4 Å². The lowest BCUT2D eigenvalue weighted by Crippen LogP contribution is -1.96. The van der Waals surface area contributed by atoms with E-state index in [9.17, 15) is 0 Å². The van der Waals surface area contributed by atoms with Gasteiger partial charge in [0, 0.05) is 32.2 Å². The summed E-state index contributed by atoms with van der Waals surface area (Å²) in [6, 6.07) is 35.8. The lowest BCUT2D eigenvalue weighted by atomic mass is 9.86. The fourth-order valence-corrected chi connectivity index (χ4v) is 9.61. The first-order valence-electron chi connectivity index (χ1n) is 19.2. The summed E-state index contributed by atoms with van der Waals surface area (Å²) < 4.78 is 9.17. The van der Waals surface area contributed by atoms with Gasteiger partial charge in [0.05, 0.1) is 0 Å². The maximum absolute atomic E-state index is 6.51. The van der Waals surface area contributed by atoms with Gasteiger partial charge in [0.15, 0.2) is 0 Å². The molecule has 1 aliphatic heterocycles. The van der Waals surface area contributed by atoms with E-state index in [1.807, 2.05) is 11.3 Å². The molecule has 1 aliphatic carbocycles. The van der Waals surface area contributed by atoms with E-state index in [0.29, 0.717) is 0 Å². The Morgan fingerprint density at radius 2 is 1.24 bits per heavy atom. The Morgan fingerprint density at radius 1 is 0.611 bits per heavy atom. The SMILES string of the molecule is C/C=C\C=C(/C)C1=C/C(=C/C=C(\C)c2c3ccccc3c(/C(C)=C/C=C3\Cc4cc5cc6c(cc5cc4O3)sc3ccccc36)c3ccccc23)CCC1. The fraction of sp³-hybridized carbons (Fsp3) is 0.154. The highest BCUT2D eigenvalue weighted by Gasteiger charge is 2.20. The minimum Gasteiger partial charge on any atom is -0.461 e. The Kier molecular flexibility index (Phi) is 9.01. The quantitative estimate of drug-likeness (QED) is 0.123. The van der Waals surface area contributed by atoms with Crippen LogP contribution in [0.1, 0.15) is 63.6 Å². The molecule has 0 amide bonds. The minimum atomic E-state index is 0.791. The molecule has 0 spiro atoms. The molecule has 0 unspecified atom stereocenters. The third-order valence-electron chi connectivity index (χ3n) is 11.2. The Labute approximate surface area is 322 Å². The van der Waals surface area contributed by atoms with E-state index in [0.717, 1.165) is 30.8 Å². The van der Waals surface area contributed by atoms with Gasteiger partial charge in [0.25, 0.3) is 0 Å². The standard InChI is InChI=1S/C52H44OS/c1-5-6-14-33(2)37-16-13-15-36(27-37)25-23-34(3)51-43-18-7-9-20-45(43)52(46-21-10-8-19-44(46)51)35(4)24-26-41-29-40-28-38-30-47-42-17-11-12-22-49(42)54-50(47)32-39(38)31-48(40)53-41/h5-12,14,17-28,30-32H,13,15-16,29H2,1-4H3/b6-5-,33-14+,34-23+,35-24+,36-25+,41-26+. The first kappa shape index (κ1) is 34.1. The van der Waals surface area contributed by atoms with Gasteiger partial charge in [-0.25, -0.2) is 0 Å². The molecule has 0 radical (unpaired) electrons. The topological polar surface area (TPSA) is 9.23 Å². The molecular weight excluding hydrogens is 673 g/mol. The molecule has 2 heteroatoms. The predicted molar refractivity (Wildman–Crippen MR) is 237 cm³/mol. The second-order valence-electron chi connectivity index (χ2n) is 14.8. The largest absolute Gasteiger partial charge is 0.461 e. The van der Waals surface area contributed by atoms with Crippen LogP contribution in [0.4, 0.5) is 0 Å². The summed E-state index contributed by atoms with van der Waals surface area (Å²) in [6.45, 7) is 8.81. The van der Waals surface area contributed by atoms with E-state index in [-0.39, 0.29) is 0 Å². The lowest BCUT2D eigenvalue weighted by Gasteiger charge is -2.18. The predicted octanol–water partition coefficient (Wildman–Crippen LogP) is 15.4. The molecule has 0 atom stereocenters. The van der Waals surface area contributed by atoms with Crippen LogP contribution in [0.5, 0.6) is 5.75 Å². The molecule has 0 saturated heterocycles. The normalized spacial score (nSPS) is 17.2. The molecule has 54 heavy (non-hydrogen) atoms. The zero-order valence-corrected chi connectivity index (χ0v) is 32.3. The van der Waals surface area contributed by atoms with Crippen LogP contribution in [-0.4, -0.2) is 0 Å². The smallest absolute Gasteiger partial charge is 0.131 e. The van der Waals surface area contributed by atoms with Crippen molar-refractivity contribution in [1.29, 1.82) is 0 Å². The highest BCUT2D eigenvalue weighted by Crippen LogP contribution is 2.42. The molecule has 0 saturated carbocycles. The van der Waals surface area contributed by atoms with Crippen LogP contribution in [0.25, 0.3) is 63.6 Å². The summed E-state index contributed by atoms with van der Waals surface area (Å²) in [6.07, 6.45) is 22.2. The summed E-state index contributed by atoms with van der Waals surface area (Å²) in [5.74, 6) is 1.95. The van der Waals surface area contributed by atoms with Crippen molar-refractivity contribution in [3.05, 3.63) is 185 Å². The molecule has 2 heterocycles. The molecular formula is C52H44OS. The molecule has 0 bridgehead atoms. The number of hydrogen-bond donors (Lipinski definition) is 0.